The number of carboxylic acid groups (broad SMARTS) is 1. The molecule has 0 bridgehead atoms. The van der Waals surface area contributed by atoms with Gasteiger partial charge in [0.25, 0.3) is 0 Å². The number of hydrogen-bond donors (Lipinski definition) is 2. The Labute approximate surface area is 58.8 Å². The van der Waals surface area contributed by atoms with Gasteiger partial charge in [0, 0.05) is 0 Å². The van der Waals surface area contributed by atoms with Gasteiger partial charge in [-0.1, -0.05) is 0 Å². The van der Waals surface area contributed by atoms with Gasteiger partial charge in [-0.3, -0.25) is 0 Å². The predicted molar refractivity (Wildman–Crippen MR) is 26.6 cm³/mol. The molecule has 0 aromatic rings. The Bertz CT molecular complexity index is 157. The molecule has 0 aliphatic carbocycles. The number of rotatable bonds is 2. The average molecular weight is 175 g/mol. The highest BCUT2D eigenvalue weighted by molar-refractivity contribution is 5.73. The molecule has 11 heavy (non-hydrogen) atoms. The van der Waals surface area contributed by atoms with Crippen LogP contribution in [-0.4, -0.2) is 29.5 Å². The van der Waals surface area contributed by atoms with E-state index < -0.39 is 24.4 Å². The molecule has 0 spiro atoms. The summed E-state index contributed by atoms with van der Waals surface area (Å²) in [5.41, 5.74) is 4.21. The summed E-state index contributed by atoms with van der Waals surface area (Å²) in [6.45, 7) is 0. The molecule has 0 aliphatic heterocycles. The lowest BCUT2D eigenvalue weighted by Crippen LogP contribution is -2.48. The molecule has 66 valence electrons. The van der Waals surface area contributed by atoms with Crippen LogP contribution in [0.15, 0.2) is 0 Å². The van der Waals surface area contributed by atoms with Crippen LogP contribution in [-0.2, 0) is 4.79 Å². The van der Waals surface area contributed by atoms with Crippen LogP contribution in [0.4, 0.5) is 17.6 Å². The predicted octanol–water partition coefficient (Wildman–Crippen LogP) is 0.299. The van der Waals surface area contributed by atoms with Gasteiger partial charge >= 0.3 is 12.1 Å². The SMILES string of the molecule is N[C@@H](C(F)C(=O)O)C(F)(F)F. The van der Waals surface area contributed by atoms with Crippen LogP contribution in [0.3, 0.4) is 0 Å². The van der Waals surface area contributed by atoms with Gasteiger partial charge in [-0.15, -0.1) is 0 Å². The highest BCUT2D eigenvalue weighted by Gasteiger charge is 2.45. The van der Waals surface area contributed by atoms with Gasteiger partial charge < -0.3 is 10.8 Å². The number of alkyl halides is 4. The Morgan fingerprint density at radius 1 is 1.45 bits per heavy atom. The molecule has 7 heteroatoms. The summed E-state index contributed by atoms with van der Waals surface area (Å²) < 4.78 is 46.3. The molecule has 0 amide bonds. The van der Waals surface area contributed by atoms with E-state index in [-0.39, 0.29) is 0 Å². The summed E-state index contributed by atoms with van der Waals surface area (Å²) in [6.07, 6.45) is -8.12. The maximum absolute atomic E-state index is 12.0. The third kappa shape index (κ3) is 2.71. The molecule has 3 N–H and O–H groups in total. The average Bonchev–Trinajstić information content (AvgIpc) is 1.82. The quantitative estimate of drug-likeness (QED) is 0.593. The summed E-state index contributed by atoms with van der Waals surface area (Å²) in [5.74, 6) is -2.21. The second kappa shape index (κ2) is 3.04. The highest BCUT2D eigenvalue weighted by atomic mass is 19.4. The van der Waals surface area contributed by atoms with E-state index in [2.05, 4.69) is 5.73 Å². The number of carboxylic acids is 1. The first kappa shape index (κ1) is 10.2. The van der Waals surface area contributed by atoms with Gasteiger partial charge in [0.15, 0.2) is 0 Å². The molecular formula is C4H5F4NO2. The maximum Gasteiger partial charge on any atom is 0.407 e. The molecule has 3 nitrogen and oxygen atoms in total. The van der Waals surface area contributed by atoms with Crippen molar-refractivity contribution in [2.24, 2.45) is 5.73 Å². The van der Waals surface area contributed by atoms with Crippen molar-refractivity contribution in [3.05, 3.63) is 0 Å². The Balaban J connectivity index is 4.25. The number of aliphatic carboxylic acids is 1. The van der Waals surface area contributed by atoms with Crippen LogP contribution in [0.5, 0.6) is 0 Å². The zero-order valence-electron chi connectivity index (χ0n) is 5.10. The van der Waals surface area contributed by atoms with Gasteiger partial charge in [-0.25, -0.2) is 9.18 Å². The lowest BCUT2D eigenvalue weighted by Gasteiger charge is -2.15. The molecule has 0 heterocycles. The zero-order chi connectivity index (χ0) is 9.23. The molecule has 0 aromatic carbocycles. The molecule has 1 unspecified atom stereocenters. The van der Waals surface area contributed by atoms with E-state index in [4.69, 9.17) is 5.11 Å². The van der Waals surface area contributed by atoms with Crippen LogP contribution >= 0.6 is 0 Å². The van der Waals surface area contributed by atoms with Crippen molar-refractivity contribution in [1.29, 1.82) is 0 Å². The Morgan fingerprint density at radius 3 is 1.91 bits per heavy atom. The minimum atomic E-state index is -5.02. The first-order valence-corrected chi connectivity index (χ1v) is 2.46. The molecule has 0 radical (unpaired) electrons. The normalized spacial score (nSPS) is 17.5. The minimum absolute atomic E-state index is 2.21. The van der Waals surface area contributed by atoms with Crippen molar-refractivity contribution < 1.29 is 27.5 Å². The molecule has 0 aromatic heterocycles. The Morgan fingerprint density at radius 2 is 1.82 bits per heavy atom. The van der Waals surface area contributed by atoms with E-state index in [1.807, 2.05) is 0 Å². The Hall–Kier alpha value is -0.850. The topological polar surface area (TPSA) is 63.3 Å². The van der Waals surface area contributed by atoms with Crippen molar-refractivity contribution in [3.63, 3.8) is 0 Å². The second-order valence-electron chi connectivity index (χ2n) is 1.81. The molecule has 0 aliphatic rings. The summed E-state index contributed by atoms with van der Waals surface area (Å²) in [4.78, 5) is 9.63. The first-order valence-electron chi connectivity index (χ1n) is 2.46. The van der Waals surface area contributed by atoms with Crippen LogP contribution < -0.4 is 5.73 Å². The molecule has 0 saturated heterocycles. The standard InChI is InChI=1S/C4H5F4NO2/c5-1(3(10)11)2(9)4(6,7)8/h1-2H,9H2,(H,10,11)/t1?,2-/m0/s1. The summed E-state index contributed by atoms with van der Waals surface area (Å²) in [7, 11) is 0. The molecule has 2 atom stereocenters. The lowest BCUT2D eigenvalue weighted by atomic mass is 10.2. The van der Waals surface area contributed by atoms with Crippen molar-refractivity contribution in [2.75, 3.05) is 0 Å². The number of hydrogen-bond acceptors (Lipinski definition) is 2. The smallest absolute Gasteiger partial charge is 0.407 e. The van der Waals surface area contributed by atoms with Crippen LogP contribution in [0.2, 0.25) is 0 Å². The largest absolute Gasteiger partial charge is 0.479 e. The summed E-state index contributed by atoms with van der Waals surface area (Å²) in [6, 6.07) is -2.96. The van der Waals surface area contributed by atoms with Crippen LogP contribution in [0, 0.1) is 0 Å². The highest BCUT2D eigenvalue weighted by Crippen LogP contribution is 2.22. The first-order chi connectivity index (χ1) is 4.76. The third-order valence-electron chi connectivity index (χ3n) is 0.929. The van der Waals surface area contributed by atoms with Crippen molar-refractivity contribution in [2.45, 2.75) is 18.4 Å². The maximum atomic E-state index is 12.0. The monoisotopic (exact) mass is 175 g/mol. The fourth-order valence-corrected chi connectivity index (χ4v) is 0.320. The molecule has 0 fully saturated rings. The molecule has 0 saturated carbocycles. The summed E-state index contributed by atoms with van der Waals surface area (Å²) in [5, 5.41) is 7.76. The zero-order valence-corrected chi connectivity index (χ0v) is 5.10. The van der Waals surface area contributed by atoms with E-state index in [0.717, 1.165) is 0 Å². The van der Waals surface area contributed by atoms with Crippen LogP contribution in [0.25, 0.3) is 0 Å². The fraction of sp³-hybridized carbons (Fsp3) is 0.750. The van der Waals surface area contributed by atoms with Gasteiger partial charge in [-0.05, 0) is 0 Å². The summed E-state index contributed by atoms with van der Waals surface area (Å²) >= 11 is 0. The van der Waals surface area contributed by atoms with Crippen molar-refractivity contribution >= 4 is 5.97 Å². The second-order valence-corrected chi connectivity index (χ2v) is 1.81. The van der Waals surface area contributed by atoms with E-state index in [0.29, 0.717) is 0 Å². The van der Waals surface area contributed by atoms with Gasteiger partial charge in [-0.2, -0.15) is 13.2 Å². The number of nitrogens with two attached hydrogens (primary N) is 1. The van der Waals surface area contributed by atoms with Crippen LogP contribution in [0.1, 0.15) is 0 Å². The van der Waals surface area contributed by atoms with E-state index >= 15 is 0 Å². The van der Waals surface area contributed by atoms with Gasteiger partial charge in [0.05, 0.1) is 0 Å². The van der Waals surface area contributed by atoms with Gasteiger partial charge in [0.1, 0.15) is 6.04 Å². The van der Waals surface area contributed by atoms with E-state index in [9.17, 15) is 22.4 Å². The lowest BCUT2D eigenvalue weighted by molar-refractivity contribution is -0.174. The number of halogens is 4. The van der Waals surface area contributed by atoms with E-state index in [1.165, 1.54) is 0 Å². The minimum Gasteiger partial charge on any atom is -0.479 e. The van der Waals surface area contributed by atoms with Crippen molar-refractivity contribution in [1.82, 2.24) is 0 Å². The fourth-order valence-electron chi connectivity index (χ4n) is 0.320. The van der Waals surface area contributed by atoms with Crippen molar-refractivity contribution in [3.8, 4) is 0 Å². The molecule has 0 rings (SSSR count). The Kier molecular flexibility index (Phi) is 2.80. The third-order valence-corrected chi connectivity index (χ3v) is 0.929. The van der Waals surface area contributed by atoms with E-state index in [1.54, 1.807) is 0 Å². The van der Waals surface area contributed by atoms with Gasteiger partial charge in [0.2, 0.25) is 6.17 Å². The molecular weight excluding hydrogens is 170 g/mol. The number of carbonyl (C=O) groups is 1.